The molecule has 0 aliphatic rings. The van der Waals surface area contributed by atoms with Crippen molar-refractivity contribution in [3.05, 3.63) is 0 Å². The first-order valence-corrected chi connectivity index (χ1v) is 6.44. The number of amides is 1. The van der Waals surface area contributed by atoms with Crippen LogP contribution >= 0.6 is 0 Å². The Morgan fingerprint density at radius 1 is 1.31 bits per heavy atom. The molecule has 16 heavy (non-hydrogen) atoms. The summed E-state index contributed by atoms with van der Waals surface area (Å²) in [5.41, 5.74) is 5.50. The third-order valence-electron chi connectivity index (χ3n) is 2.65. The number of hydrogen-bond acceptors (Lipinski definition) is 3. The SMILES string of the molecule is CCCCNC(=O)CCNC(CC)CCN. The van der Waals surface area contributed by atoms with Gasteiger partial charge < -0.3 is 16.4 Å². The van der Waals surface area contributed by atoms with Gasteiger partial charge in [0, 0.05) is 25.6 Å². The van der Waals surface area contributed by atoms with E-state index < -0.39 is 0 Å². The van der Waals surface area contributed by atoms with Crippen molar-refractivity contribution in [3.63, 3.8) is 0 Å². The lowest BCUT2D eigenvalue weighted by Gasteiger charge is -2.15. The molecule has 0 spiro atoms. The maximum atomic E-state index is 11.4. The van der Waals surface area contributed by atoms with E-state index in [0.29, 0.717) is 19.0 Å². The second-order valence-corrected chi connectivity index (χ2v) is 4.09. The van der Waals surface area contributed by atoms with Crippen LogP contribution in [-0.2, 0) is 4.79 Å². The zero-order chi connectivity index (χ0) is 12.2. The normalized spacial score (nSPS) is 12.4. The van der Waals surface area contributed by atoms with Crippen LogP contribution in [0.5, 0.6) is 0 Å². The van der Waals surface area contributed by atoms with Crippen molar-refractivity contribution >= 4 is 5.91 Å². The molecule has 4 N–H and O–H groups in total. The van der Waals surface area contributed by atoms with Gasteiger partial charge in [-0.1, -0.05) is 20.3 Å². The van der Waals surface area contributed by atoms with E-state index in [0.717, 1.165) is 38.8 Å². The Morgan fingerprint density at radius 2 is 2.06 bits per heavy atom. The van der Waals surface area contributed by atoms with Gasteiger partial charge in [0.25, 0.3) is 0 Å². The van der Waals surface area contributed by atoms with E-state index >= 15 is 0 Å². The maximum absolute atomic E-state index is 11.4. The van der Waals surface area contributed by atoms with Gasteiger partial charge in [0.15, 0.2) is 0 Å². The van der Waals surface area contributed by atoms with Crippen molar-refractivity contribution < 1.29 is 4.79 Å². The zero-order valence-electron chi connectivity index (χ0n) is 10.7. The number of nitrogens with two attached hydrogens (primary N) is 1. The predicted octanol–water partition coefficient (Wildman–Crippen LogP) is 1.01. The van der Waals surface area contributed by atoms with Gasteiger partial charge in [-0.3, -0.25) is 4.79 Å². The molecule has 0 bridgehead atoms. The fraction of sp³-hybridized carbons (Fsp3) is 0.917. The van der Waals surface area contributed by atoms with Gasteiger partial charge in [0.1, 0.15) is 0 Å². The standard InChI is InChI=1S/C12H27N3O/c1-3-5-9-15-12(16)7-10-14-11(4-2)6-8-13/h11,14H,3-10,13H2,1-2H3,(H,15,16). The summed E-state index contributed by atoms with van der Waals surface area (Å²) in [5.74, 6) is 0.142. The first kappa shape index (κ1) is 15.4. The Bertz CT molecular complexity index is 174. The first-order valence-electron chi connectivity index (χ1n) is 6.44. The van der Waals surface area contributed by atoms with Gasteiger partial charge >= 0.3 is 0 Å². The summed E-state index contributed by atoms with van der Waals surface area (Å²) in [6.45, 7) is 6.50. The van der Waals surface area contributed by atoms with Crippen LogP contribution in [0.2, 0.25) is 0 Å². The molecule has 0 aromatic rings. The van der Waals surface area contributed by atoms with Gasteiger partial charge in [-0.15, -0.1) is 0 Å². The molecule has 0 saturated carbocycles. The number of carbonyl (C=O) groups excluding carboxylic acids is 1. The molecule has 4 heteroatoms. The highest BCUT2D eigenvalue weighted by Crippen LogP contribution is 1.95. The Kier molecular flexibility index (Phi) is 10.5. The highest BCUT2D eigenvalue weighted by Gasteiger charge is 2.05. The summed E-state index contributed by atoms with van der Waals surface area (Å²) in [6, 6.07) is 0.452. The van der Waals surface area contributed by atoms with E-state index in [1.54, 1.807) is 0 Å². The Labute approximate surface area is 99.4 Å². The van der Waals surface area contributed by atoms with Gasteiger partial charge in [0.2, 0.25) is 5.91 Å². The van der Waals surface area contributed by atoms with Crippen molar-refractivity contribution in [1.82, 2.24) is 10.6 Å². The highest BCUT2D eigenvalue weighted by molar-refractivity contribution is 5.75. The van der Waals surface area contributed by atoms with E-state index in [1.165, 1.54) is 0 Å². The molecular formula is C12H27N3O. The molecule has 0 fully saturated rings. The molecule has 0 aliphatic carbocycles. The topological polar surface area (TPSA) is 67.2 Å². The van der Waals surface area contributed by atoms with Crippen LogP contribution in [0.1, 0.15) is 46.0 Å². The third kappa shape index (κ3) is 8.68. The first-order chi connectivity index (χ1) is 7.74. The second kappa shape index (κ2) is 10.9. The van der Waals surface area contributed by atoms with Gasteiger partial charge in [0.05, 0.1) is 0 Å². The van der Waals surface area contributed by atoms with E-state index in [-0.39, 0.29) is 5.91 Å². The molecule has 0 aliphatic heterocycles. The smallest absolute Gasteiger partial charge is 0.221 e. The fourth-order valence-corrected chi connectivity index (χ4v) is 1.53. The summed E-state index contributed by atoms with van der Waals surface area (Å²) in [6.07, 6.45) is 4.78. The van der Waals surface area contributed by atoms with E-state index in [1.807, 2.05) is 0 Å². The van der Waals surface area contributed by atoms with Gasteiger partial charge in [-0.25, -0.2) is 0 Å². The lowest BCUT2D eigenvalue weighted by molar-refractivity contribution is -0.121. The van der Waals surface area contributed by atoms with Crippen molar-refractivity contribution in [2.24, 2.45) is 5.73 Å². The summed E-state index contributed by atoms with van der Waals surface area (Å²) < 4.78 is 0. The number of hydrogen-bond donors (Lipinski definition) is 3. The van der Waals surface area contributed by atoms with Gasteiger partial charge in [-0.05, 0) is 25.8 Å². The van der Waals surface area contributed by atoms with E-state index in [9.17, 15) is 4.79 Å². The second-order valence-electron chi connectivity index (χ2n) is 4.09. The average molecular weight is 229 g/mol. The minimum absolute atomic E-state index is 0.142. The molecule has 0 rings (SSSR count). The molecule has 1 atom stereocenters. The largest absolute Gasteiger partial charge is 0.356 e. The van der Waals surface area contributed by atoms with Crippen LogP contribution in [-0.4, -0.2) is 31.6 Å². The summed E-state index contributed by atoms with van der Waals surface area (Å²) >= 11 is 0. The van der Waals surface area contributed by atoms with Crippen molar-refractivity contribution in [3.8, 4) is 0 Å². The number of rotatable bonds is 10. The molecular weight excluding hydrogens is 202 g/mol. The molecule has 0 radical (unpaired) electrons. The van der Waals surface area contributed by atoms with Gasteiger partial charge in [-0.2, -0.15) is 0 Å². The van der Waals surface area contributed by atoms with Crippen LogP contribution in [0.4, 0.5) is 0 Å². The monoisotopic (exact) mass is 229 g/mol. The summed E-state index contributed by atoms with van der Waals surface area (Å²) in [5, 5.41) is 6.25. The average Bonchev–Trinajstić information content (AvgIpc) is 2.28. The summed E-state index contributed by atoms with van der Waals surface area (Å²) in [7, 11) is 0. The molecule has 0 aromatic heterocycles. The van der Waals surface area contributed by atoms with E-state index in [2.05, 4.69) is 24.5 Å². The fourth-order valence-electron chi connectivity index (χ4n) is 1.53. The van der Waals surface area contributed by atoms with Crippen LogP contribution in [0.3, 0.4) is 0 Å². The number of nitrogens with one attached hydrogen (secondary N) is 2. The Balaban J connectivity index is 3.44. The lowest BCUT2D eigenvalue weighted by Crippen LogP contribution is -2.34. The Hall–Kier alpha value is -0.610. The van der Waals surface area contributed by atoms with Crippen molar-refractivity contribution in [2.75, 3.05) is 19.6 Å². The Morgan fingerprint density at radius 3 is 2.62 bits per heavy atom. The molecule has 1 unspecified atom stereocenters. The molecule has 96 valence electrons. The molecule has 0 heterocycles. The third-order valence-corrected chi connectivity index (χ3v) is 2.65. The van der Waals surface area contributed by atoms with Crippen LogP contribution in [0.25, 0.3) is 0 Å². The molecule has 1 amide bonds. The van der Waals surface area contributed by atoms with Crippen LogP contribution in [0.15, 0.2) is 0 Å². The molecule has 0 saturated heterocycles. The van der Waals surface area contributed by atoms with Crippen LogP contribution in [0, 0.1) is 0 Å². The molecule has 4 nitrogen and oxygen atoms in total. The number of unbranched alkanes of at least 4 members (excludes halogenated alkanes) is 1. The minimum atomic E-state index is 0.142. The van der Waals surface area contributed by atoms with Crippen molar-refractivity contribution in [1.29, 1.82) is 0 Å². The molecule has 0 aromatic carbocycles. The summed E-state index contributed by atoms with van der Waals surface area (Å²) in [4.78, 5) is 11.4. The maximum Gasteiger partial charge on any atom is 0.221 e. The van der Waals surface area contributed by atoms with Crippen LogP contribution < -0.4 is 16.4 Å². The zero-order valence-corrected chi connectivity index (χ0v) is 10.7. The van der Waals surface area contributed by atoms with Crippen molar-refractivity contribution in [2.45, 2.75) is 52.0 Å². The lowest BCUT2D eigenvalue weighted by atomic mass is 10.1. The number of carbonyl (C=O) groups is 1. The quantitative estimate of drug-likeness (QED) is 0.490. The minimum Gasteiger partial charge on any atom is -0.356 e. The predicted molar refractivity (Wildman–Crippen MR) is 68.3 cm³/mol. The highest BCUT2D eigenvalue weighted by atomic mass is 16.1. The van der Waals surface area contributed by atoms with E-state index in [4.69, 9.17) is 5.73 Å².